The van der Waals surface area contributed by atoms with Crippen LogP contribution in [0.25, 0.3) is 55.2 Å². The molecule has 0 atom stereocenters. The largest absolute Gasteiger partial charge is 0.500 e. The van der Waals surface area contributed by atoms with E-state index in [1.54, 1.807) is 18.2 Å². The van der Waals surface area contributed by atoms with E-state index in [9.17, 15) is 1.37 Å². The third-order valence-corrected chi connectivity index (χ3v) is 10.3. The second kappa shape index (κ2) is 14.2. The van der Waals surface area contributed by atoms with Crippen molar-refractivity contribution in [2.75, 3.05) is 0 Å². The molecule has 3 aromatic heterocycles. The van der Waals surface area contributed by atoms with Crippen molar-refractivity contribution < 1.29 is 30.0 Å². The van der Waals surface area contributed by atoms with Gasteiger partial charge in [-0.05, 0) is 85.1 Å². The van der Waals surface area contributed by atoms with Crippen LogP contribution in [0.4, 0.5) is 0 Å². The minimum atomic E-state index is -2.09. The fourth-order valence-corrected chi connectivity index (χ4v) is 7.73. The maximum atomic E-state index is 9.40. The van der Waals surface area contributed by atoms with Crippen molar-refractivity contribution in [2.45, 2.75) is 70.5 Å². The Kier molecular flexibility index (Phi) is 8.20. The van der Waals surface area contributed by atoms with Gasteiger partial charge in [0.15, 0.2) is 0 Å². The molecule has 0 saturated heterocycles. The predicted octanol–water partition coefficient (Wildman–Crippen LogP) is 12.1. The van der Waals surface area contributed by atoms with Crippen molar-refractivity contribution in [1.29, 1.82) is 0 Å². The fraction of sp³-hybridized carbons (Fsp3) is 0.273. The number of nitrogens with zero attached hydrogens (tertiary/aromatic N) is 2. The molecule has 243 valence electrons. The zero-order valence-electron chi connectivity index (χ0n) is 30.9. The molecule has 2 saturated carbocycles. The third kappa shape index (κ3) is 6.49. The molecule has 4 aromatic carbocycles. The van der Waals surface area contributed by atoms with Crippen LogP contribution in [0.1, 0.15) is 80.3 Å². The molecule has 7 aromatic rings. The molecule has 2 fully saturated rings. The number of pyridine rings is 2. The minimum absolute atomic E-state index is 0. The van der Waals surface area contributed by atoms with E-state index in [0.29, 0.717) is 5.41 Å². The first-order valence-electron chi connectivity index (χ1n) is 18.9. The Balaban J connectivity index is 0.000000209. The smallest absolute Gasteiger partial charge is 0.128 e. The fourth-order valence-electron chi connectivity index (χ4n) is 7.73. The van der Waals surface area contributed by atoms with Crippen molar-refractivity contribution in [3.8, 4) is 22.5 Å². The van der Waals surface area contributed by atoms with Crippen molar-refractivity contribution in [1.82, 2.24) is 9.97 Å². The Bertz CT molecular complexity index is 2300. The number of aromatic nitrogens is 2. The van der Waals surface area contributed by atoms with Gasteiger partial charge in [-0.15, -0.1) is 54.1 Å². The Morgan fingerprint density at radius 2 is 1.58 bits per heavy atom. The maximum absolute atomic E-state index is 9.40. The van der Waals surface area contributed by atoms with E-state index in [0.717, 1.165) is 68.2 Å². The van der Waals surface area contributed by atoms with Gasteiger partial charge in [-0.2, -0.15) is 0 Å². The molecule has 1 radical (unpaired) electrons. The monoisotopic (exact) mass is 809 g/mol. The molecule has 3 nitrogen and oxygen atoms in total. The molecule has 4 heteroatoms. The minimum Gasteiger partial charge on any atom is -0.500 e. The molecule has 0 aliphatic heterocycles. The molecule has 0 bridgehead atoms. The van der Waals surface area contributed by atoms with Gasteiger partial charge < -0.3 is 14.4 Å². The van der Waals surface area contributed by atoms with Crippen LogP contribution < -0.4 is 0 Å². The summed E-state index contributed by atoms with van der Waals surface area (Å²) in [5.74, 6) is -0.529. The van der Waals surface area contributed by atoms with Gasteiger partial charge in [0.1, 0.15) is 5.58 Å². The van der Waals surface area contributed by atoms with Crippen LogP contribution in [0.3, 0.4) is 0 Å². The first-order chi connectivity index (χ1) is 24.7. The van der Waals surface area contributed by atoms with E-state index in [-0.39, 0.29) is 25.7 Å². The van der Waals surface area contributed by atoms with Crippen molar-refractivity contribution in [3.63, 3.8) is 0 Å². The number of hydrogen-bond donors (Lipinski definition) is 0. The van der Waals surface area contributed by atoms with Gasteiger partial charge in [-0.25, -0.2) is 0 Å². The number of hydrogen-bond acceptors (Lipinski definition) is 3. The molecule has 2 aliphatic rings. The number of furan rings is 1. The Morgan fingerprint density at radius 3 is 2.38 bits per heavy atom. The maximum Gasteiger partial charge on any atom is 0.128 e. The second-order valence-corrected chi connectivity index (χ2v) is 13.2. The Morgan fingerprint density at radius 1 is 0.750 bits per heavy atom. The van der Waals surface area contributed by atoms with Gasteiger partial charge in [0.25, 0.3) is 0 Å². The average Bonchev–Trinajstić information content (AvgIpc) is 3.57. The average molecular weight is 809 g/mol. The van der Waals surface area contributed by atoms with E-state index < -0.39 is 12.7 Å². The van der Waals surface area contributed by atoms with E-state index in [1.807, 2.05) is 30.5 Å². The van der Waals surface area contributed by atoms with Gasteiger partial charge >= 0.3 is 0 Å². The SMILES string of the molecule is [2H]C([2H])([2H])c1ccc(-c2[c-]cccc2)nc1.[2H]C1(c2ccnc(-c3[c-]ccc4c3oc3c5ccccc5ccc43)c2)CCC2(CCCCC2)CC1.[Ir]. The van der Waals surface area contributed by atoms with Crippen LogP contribution in [-0.4, -0.2) is 9.97 Å². The summed E-state index contributed by atoms with van der Waals surface area (Å²) in [4.78, 5) is 8.85. The summed E-state index contributed by atoms with van der Waals surface area (Å²) in [5.41, 5.74) is 6.91. The van der Waals surface area contributed by atoms with Crippen molar-refractivity contribution in [2.24, 2.45) is 5.41 Å². The molecule has 0 unspecified atom stereocenters. The number of benzene rings is 4. The normalized spacial score (nSPS) is 18.2. The standard InChI is InChI=1S/C32H30NO.C12H10N.Ir/c1-4-16-32(17-5-1)18-13-22(14-19-32)24-15-20-33-29(21-24)28-10-6-9-26-27-12-11-23-7-2-3-8-25(23)30(27)34-31(26)28;1-10-7-8-12(13-9-10)11-5-3-2-4-6-11;/h2-3,6-9,11-12,15,20-22H,1,4-5,13-14,16-19H2;2-5,7-9H,1H3;/q2*-1;/i22D;1D3;. The van der Waals surface area contributed by atoms with Gasteiger partial charge in [0.2, 0.25) is 0 Å². The van der Waals surface area contributed by atoms with Gasteiger partial charge in [0, 0.05) is 48.8 Å². The summed E-state index contributed by atoms with van der Waals surface area (Å²) >= 11 is 0. The summed E-state index contributed by atoms with van der Waals surface area (Å²) in [5, 5.41) is 4.50. The van der Waals surface area contributed by atoms with Crippen LogP contribution in [0.15, 0.2) is 114 Å². The molecule has 1 spiro atoms. The van der Waals surface area contributed by atoms with Gasteiger partial charge in [-0.1, -0.05) is 90.4 Å². The second-order valence-electron chi connectivity index (χ2n) is 13.2. The van der Waals surface area contributed by atoms with E-state index >= 15 is 0 Å². The van der Waals surface area contributed by atoms with Crippen LogP contribution >= 0.6 is 0 Å². The topological polar surface area (TPSA) is 38.9 Å². The quantitative estimate of drug-likeness (QED) is 0.167. The van der Waals surface area contributed by atoms with Crippen molar-refractivity contribution in [3.05, 3.63) is 133 Å². The van der Waals surface area contributed by atoms with Gasteiger partial charge in [-0.3, -0.25) is 0 Å². The van der Waals surface area contributed by atoms with E-state index in [2.05, 4.69) is 71.7 Å². The van der Waals surface area contributed by atoms with E-state index in [1.165, 1.54) is 56.5 Å². The molecule has 0 N–H and O–H groups in total. The predicted molar refractivity (Wildman–Crippen MR) is 193 cm³/mol. The number of aryl methyl sites for hydroxylation is 1. The van der Waals surface area contributed by atoms with Gasteiger partial charge in [0.05, 0.1) is 5.58 Å². The van der Waals surface area contributed by atoms with Crippen molar-refractivity contribution >= 4 is 32.7 Å². The van der Waals surface area contributed by atoms with Crippen LogP contribution in [0, 0.1) is 24.4 Å². The molecule has 48 heavy (non-hydrogen) atoms. The van der Waals surface area contributed by atoms with Crippen LogP contribution in [0.5, 0.6) is 0 Å². The molecule has 3 heterocycles. The molecule has 9 rings (SSSR count). The van der Waals surface area contributed by atoms with E-state index in [4.69, 9.17) is 13.5 Å². The number of fused-ring (bicyclic) bond motifs is 5. The zero-order chi connectivity index (χ0) is 35.1. The Hall–Kier alpha value is -4.11. The number of rotatable bonds is 3. The first kappa shape index (κ1) is 27.8. The van der Waals surface area contributed by atoms with Crippen LogP contribution in [-0.2, 0) is 20.1 Å². The molecule has 0 amide bonds. The molecular weight excluding hydrogens is 765 g/mol. The van der Waals surface area contributed by atoms with Crippen LogP contribution in [0.2, 0.25) is 0 Å². The zero-order valence-corrected chi connectivity index (χ0v) is 29.3. The summed E-state index contributed by atoms with van der Waals surface area (Å²) in [6, 6.07) is 38.1. The Labute approximate surface area is 302 Å². The summed E-state index contributed by atoms with van der Waals surface area (Å²) in [6.07, 6.45) is 14.4. The summed E-state index contributed by atoms with van der Waals surface area (Å²) in [7, 11) is 0. The third-order valence-electron chi connectivity index (χ3n) is 10.3. The molecular formula is C44H40IrN2O-2. The molecule has 2 aliphatic carbocycles. The summed E-state index contributed by atoms with van der Waals surface area (Å²) < 4.78 is 37.6. The first-order valence-corrected chi connectivity index (χ1v) is 16.9. The summed E-state index contributed by atoms with van der Waals surface area (Å²) in [6.45, 7) is -2.09.